The van der Waals surface area contributed by atoms with Gasteiger partial charge in [0.25, 0.3) is 0 Å². The van der Waals surface area contributed by atoms with Gasteiger partial charge in [0.1, 0.15) is 0 Å². The maximum absolute atomic E-state index is 9.62. The molecule has 0 aliphatic rings. The third-order valence-corrected chi connectivity index (χ3v) is 2.86. The molecule has 0 radical (unpaired) electrons. The van der Waals surface area contributed by atoms with Crippen molar-refractivity contribution < 1.29 is 9.84 Å². The first-order valence-electron chi connectivity index (χ1n) is 6.74. The lowest BCUT2D eigenvalue weighted by molar-refractivity contribution is 0.0357. The van der Waals surface area contributed by atoms with Gasteiger partial charge in [0, 0.05) is 32.3 Å². The first kappa shape index (κ1) is 16.8. The second kappa shape index (κ2) is 11.0. The number of nitrogens with zero attached hydrogens (tertiary/aromatic N) is 1. The van der Waals surface area contributed by atoms with E-state index in [0.29, 0.717) is 19.2 Å². The molecule has 0 aromatic rings. The molecule has 1 atom stereocenters. The van der Waals surface area contributed by atoms with Crippen LogP contribution in [0, 0.1) is 0 Å². The SMILES string of the molecule is CCCCOCC(O)CNCCN(C)C(C)C. The summed E-state index contributed by atoms with van der Waals surface area (Å²) in [6.45, 7) is 10.2. The summed E-state index contributed by atoms with van der Waals surface area (Å²) in [7, 11) is 2.11. The van der Waals surface area contributed by atoms with Gasteiger partial charge in [-0.05, 0) is 27.3 Å². The zero-order valence-corrected chi connectivity index (χ0v) is 11.9. The van der Waals surface area contributed by atoms with Crippen molar-refractivity contribution in [3.63, 3.8) is 0 Å². The molecule has 17 heavy (non-hydrogen) atoms. The summed E-state index contributed by atoms with van der Waals surface area (Å²) in [6.07, 6.45) is 1.81. The van der Waals surface area contributed by atoms with E-state index in [1.807, 2.05) is 0 Å². The predicted molar refractivity (Wildman–Crippen MR) is 72.4 cm³/mol. The van der Waals surface area contributed by atoms with Crippen molar-refractivity contribution in [1.82, 2.24) is 10.2 Å². The zero-order chi connectivity index (χ0) is 13.1. The van der Waals surface area contributed by atoms with E-state index in [1.54, 1.807) is 0 Å². The maximum Gasteiger partial charge on any atom is 0.0897 e. The Morgan fingerprint density at radius 3 is 2.65 bits per heavy atom. The maximum atomic E-state index is 9.62. The molecule has 0 aromatic carbocycles. The van der Waals surface area contributed by atoms with Gasteiger partial charge in [-0.15, -0.1) is 0 Å². The van der Waals surface area contributed by atoms with Crippen LogP contribution in [0.15, 0.2) is 0 Å². The summed E-state index contributed by atoms with van der Waals surface area (Å²) in [5.74, 6) is 0. The summed E-state index contributed by atoms with van der Waals surface area (Å²) in [5.41, 5.74) is 0. The summed E-state index contributed by atoms with van der Waals surface area (Å²) in [6, 6.07) is 0.569. The first-order chi connectivity index (χ1) is 8.07. The molecule has 104 valence electrons. The van der Waals surface area contributed by atoms with E-state index in [9.17, 15) is 5.11 Å². The molecular formula is C13H30N2O2. The number of aliphatic hydroxyl groups excluding tert-OH is 1. The van der Waals surface area contributed by atoms with E-state index in [1.165, 1.54) is 0 Å². The summed E-state index contributed by atoms with van der Waals surface area (Å²) in [4.78, 5) is 2.27. The van der Waals surface area contributed by atoms with Gasteiger partial charge in [-0.2, -0.15) is 0 Å². The van der Waals surface area contributed by atoms with Crippen LogP contribution >= 0.6 is 0 Å². The van der Waals surface area contributed by atoms with Crippen LogP contribution in [-0.2, 0) is 4.74 Å². The van der Waals surface area contributed by atoms with E-state index in [4.69, 9.17) is 4.74 Å². The molecular weight excluding hydrogens is 216 g/mol. The molecule has 0 bridgehead atoms. The molecule has 0 saturated carbocycles. The van der Waals surface area contributed by atoms with Crippen molar-refractivity contribution in [2.24, 2.45) is 0 Å². The lowest BCUT2D eigenvalue weighted by atomic mass is 10.3. The Balaban J connectivity index is 3.30. The van der Waals surface area contributed by atoms with Gasteiger partial charge < -0.3 is 20.1 Å². The Kier molecular flexibility index (Phi) is 10.9. The Bertz CT molecular complexity index is 165. The van der Waals surface area contributed by atoms with Crippen LogP contribution in [0.25, 0.3) is 0 Å². The monoisotopic (exact) mass is 246 g/mol. The highest BCUT2D eigenvalue weighted by Crippen LogP contribution is 1.92. The normalized spacial score (nSPS) is 13.6. The van der Waals surface area contributed by atoms with Crippen molar-refractivity contribution in [2.75, 3.05) is 39.9 Å². The van der Waals surface area contributed by atoms with Crippen LogP contribution in [0.2, 0.25) is 0 Å². The van der Waals surface area contributed by atoms with Gasteiger partial charge >= 0.3 is 0 Å². The number of nitrogens with one attached hydrogen (secondary N) is 1. The van der Waals surface area contributed by atoms with Crippen LogP contribution in [0.1, 0.15) is 33.6 Å². The Morgan fingerprint density at radius 1 is 1.35 bits per heavy atom. The second-order valence-corrected chi connectivity index (χ2v) is 4.86. The number of unbranched alkanes of at least 4 members (excludes halogenated alkanes) is 1. The Hall–Kier alpha value is -0.160. The molecule has 0 spiro atoms. The number of hydrogen-bond acceptors (Lipinski definition) is 4. The van der Waals surface area contributed by atoms with Crippen molar-refractivity contribution >= 4 is 0 Å². The highest BCUT2D eigenvalue weighted by molar-refractivity contribution is 4.62. The number of likely N-dealkylation sites (N-methyl/N-ethyl adjacent to an activating group) is 1. The van der Waals surface area contributed by atoms with Gasteiger partial charge in [-0.25, -0.2) is 0 Å². The minimum Gasteiger partial charge on any atom is -0.389 e. The van der Waals surface area contributed by atoms with Gasteiger partial charge in [-0.1, -0.05) is 13.3 Å². The minimum absolute atomic E-state index is 0.392. The first-order valence-corrected chi connectivity index (χ1v) is 6.74. The molecule has 2 N–H and O–H groups in total. The van der Waals surface area contributed by atoms with Crippen molar-refractivity contribution in [2.45, 2.75) is 45.8 Å². The number of rotatable bonds is 11. The van der Waals surface area contributed by atoms with Gasteiger partial charge in [0.15, 0.2) is 0 Å². The smallest absolute Gasteiger partial charge is 0.0897 e. The van der Waals surface area contributed by atoms with Gasteiger partial charge in [-0.3, -0.25) is 0 Å². The fourth-order valence-electron chi connectivity index (χ4n) is 1.31. The van der Waals surface area contributed by atoms with E-state index in [0.717, 1.165) is 32.5 Å². The molecule has 0 fully saturated rings. The molecule has 4 heteroatoms. The highest BCUT2D eigenvalue weighted by atomic mass is 16.5. The van der Waals surface area contributed by atoms with Crippen LogP contribution in [0.4, 0.5) is 0 Å². The molecule has 0 rings (SSSR count). The average Bonchev–Trinajstić information content (AvgIpc) is 2.29. The van der Waals surface area contributed by atoms with Crippen molar-refractivity contribution in [1.29, 1.82) is 0 Å². The summed E-state index contributed by atoms with van der Waals surface area (Å²) in [5, 5.41) is 12.9. The lowest BCUT2D eigenvalue weighted by Gasteiger charge is -2.21. The summed E-state index contributed by atoms with van der Waals surface area (Å²) >= 11 is 0. The third-order valence-electron chi connectivity index (χ3n) is 2.86. The zero-order valence-electron chi connectivity index (χ0n) is 11.9. The largest absolute Gasteiger partial charge is 0.389 e. The molecule has 1 unspecified atom stereocenters. The van der Waals surface area contributed by atoms with E-state index in [-0.39, 0.29) is 0 Å². The van der Waals surface area contributed by atoms with Crippen LogP contribution in [0.3, 0.4) is 0 Å². The van der Waals surface area contributed by atoms with E-state index < -0.39 is 6.10 Å². The van der Waals surface area contributed by atoms with Gasteiger partial charge in [0.05, 0.1) is 12.7 Å². The Morgan fingerprint density at radius 2 is 2.06 bits per heavy atom. The molecule has 0 amide bonds. The summed E-state index contributed by atoms with van der Waals surface area (Å²) < 4.78 is 5.35. The average molecular weight is 246 g/mol. The van der Waals surface area contributed by atoms with Crippen LogP contribution < -0.4 is 5.32 Å². The fraction of sp³-hybridized carbons (Fsp3) is 1.00. The minimum atomic E-state index is -0.392. The van der Waals surface area contributed by atoms with Crippen molar-refractivity contribution in [3.05, 3.63) is 0 Å². The standard InChI is InChI=1S/C13H30N2O2/c1-5-6-9-17-11-13(16)10-14-7-8-15(4)12(2)3/h12-14,16H,5-11H2,1-4H3. The van der Waals surface area contributed by atoms with E-state index >= 15 is 0 Å². The van der Waals surface area contributed by atoms with E-state index in [2.05, 4.69) is 38.0 Å². The number of hydrogen-bond donors (Lipinski definition) is 2. The highest BCUT2D eigenvalue weighted by Gasteiger charge is 2.05. The molecule has 0 aliphatic carbocycles. The molecule has 0 aliphatic heterocycles. The van der Waals surface area contributed by atoms with Crippen LogP contribution in [-0.4, -0.2) is 62.0 Å². The fourth-order valence-corrected chi connectivity index (χ4v) is 1.31. The number of ether oxygens (including phenoxy) is 1. The molecule has 0 heterocycles. The third kappa shape index (κ3) is 10.7. The number of aliphatic hydroxyl groups is 1. The molecule has 4 nitrogen and oxygen atoms in total. The predicted octanol–water partition coefficient (Wildman–Crippen LogP) is 1.09. The molecule has 0 aromatic heterocycles. The molecule has 0 saturated heterocycles. The second-order valence-electron chi connectivity index (χ2n) is 4.86. The topological polar surface area (TPSA) is 44.7 Å². The Labute approximate surface area is 106 Å². The van der Waals surface area contributed by atoms with Crippen LogP contribution in [0.5, 0.6) is 0 Å². The lowest BCUT2D eigenvalue weighted by Crippen LogP contribution is -2.37. The quantitative estimate of drug-likeness (QED) is 0.536. The van der Waals surface area contributed by atoms with Gasteiger partial charge in [0.2, 0.25) is 0 Å². The van der Waals surface area contributed by atoms with Crippen molar-refractivity contribution in [3.8, 4) is 0 Å².